The number of anilines is 1. The summed E-state index contributed by atoms with van der Waals surface area (Å²) >= 11 is 0. The van der Waals surface area contributed by atoms with E-state index in [0.717, 1.165) is 6.07 Å². The van der Waals surface area contributed by atoms with E-state index in [9.17, 15) is 13.6 Å². The van der Waals surface area contributed by atoms with Gasteiger partial charge in [0, 0.05) is 25.4 Å². The maximum Gasteiger partial charge on any atom is 0.253 e. The average molecular weight is 317 g/mol. The van der Waals surface area contributed by atoms with Crippen LogP contribution in [0, 0.1) is 11.6 Å². The van der Waals surface area contributed by atoms with E-state index in [1.165, 1.54) is 18.3 Å². The molecule has 4 nitrogen and oxygen atoms in total. The molecular weight excluding hydrogens is 300 g/mol. The third kappa shape index (κ3) is 4.88. The first-order valence-corrected chi connectivity index (χ1v) is 7.13. The van der Waals surface area contributed by atoms with Crippen LogP contribution in [0.5, 0.6) is 0 Å². The maximum atomic E-state index is 13.5. The highest BCUT2D eigenvalue weighted by atomic mass is 19.1. The third-order valence-electron chi connectivity index (χ3n) is 3.15. The SMILES string of the molecule is C=CCNC(=O)c1ccc(NCCc2ccc(F)cc2F)nc1. The summed E-state index contributed by atoms with van der Waals surface area (Å²) in [6.07, 6.45) is 3.45. The predicted octanol–water partition coefficient (Wildman–Crippen LogP) is 2.93. The van der Waals surface area contributed by atoms with Gasteiger partial charge in [0.25, 0.3) is 5.91 Å². The molecule has 0 unspecified atom stereocenters. The van der Waals surface area contributed by atoms with E-state index in [1.807, 2.05) is 0 Å². The smallest absolute Gasteiger partial charge is 0.253 e. The predicted molar refractivity (Wildman–Crippen MR) is 85.3 cm³/mol. The molecule has 2 aromatic rings. The van der Waals surface area contributed by atoms with E-state index in [-0.39, 0.29) is 5.91 Å². The number of nitrogens with zero attached hydrogens (tertiary/aromatic N) is 1. The van der Waals surface area contributed by atoms with Gasteiger partial charge in [0.15, 0.2) is 0 Å². The largest absolute Gasteiger partial charge is 0.370 e. The lowest BCUT2D eigenvalue weighted by Gasteiger charge is -2.07. The number of rotatable bonds is 7. The van der Waals surface area contributed by atoms with Gasteiger partial charge in [-0.2, -0.15) is 0 Å². The Hall–Kier alpha value is -2.76. The summed E-state index contributed by atoms with van der Waals surface area (Å²) in [5.74, 6) is -0.801. The fraction of sp³-hybridized carbons (Fsp3) is 0.176. The molecule has 0 saturated heterocycles. The molecule has 1 heterocycles. The zero-order chi connectivity index (χ0) is 16.7. The maximum absolute atomic E-state index is 13.5. The molecule has 120 valence electrons. The Balaban J connectivity index is 1.86. The number of benzene rings is 1. The molecule has 0 aliphatic rings. The van der Waals surface area contributed by atoms with Gasteiger partial charge in [0.1, 0.15) is 17.5 Å². The topological polar surface area (TPSA) is 54.0 Å². The standard InChI is InChI=1S/C17H17F2N3O/c1-2-8-21-17(23)13-4-6-16(22-11-13)20-9-7-12-3-5-14(18)10-15(12)19/h2-6,10-11H,1,7-9H2,(H,20,22)(H,21,23). The van der Waals surface area contributed by atoms with E-state index in [1.54, 1.807) is 18.2 Å². The minimum Gasteiger partial charge on any atom is -0.370 e. The second-order valence-corrected chi connectivity index (χ2v) is 4.84. The third-order valence-corrected chi connectivity index (χ3v) is 3.15. The van der Waals surface area contributed by atoms with Crippen LogP contribution in [0.3, 0.4) is 0 Å². The van der Waals surface area contributed by atoms with Gasteiger partial charge in [-0.1, -0.05) is 12.1 Å². The van der Waals surface area contributed by atoms with Crippen LogP contribution in [0.2, 0.25) is 0 Å². The summed E-state index contributed by atoms with van der Waals surface area (Å²) in [6.45, 7) is 4.36. The molecule has 0 fully saturated rings. The quantitative estimate of drug-likeness (QED) is 0.772. The molecule has 1 aromatic carbocycles. The molecule has 0 aliphatic heterocycles. The number of halogens is 2. The lowest BCUT2D eigenvalue weighted by molar-refractivity contribution is 0.0957. The number of carbonyl (C=O) groups excluding carboxylic acids is 1. The number of aromatic nitrogens is 1. The lowest BCUT2D eigenvalue weighted by Crippen LogP contribution is -2.23. The van der Waals surface area contributed by atoms with Gasteiger partial charge in [-0.3, -0.25) is 4.79 Å². The average Bonchev–Trinajstić information content (AvgIpc) is 2.55. The number of amides is 1. The Morgan fingerprint density at radius 2 is 2.09 bits per heavy atom. The molecule has 1 amide bonds. The van der Waals surface area contributed by atoms with Gasteiger partial charge in [-0.25, -0.2) is 13.8 Å². The van der Waals surface area contributed by atoms with Crippen molar-refractivity contribution in [1.29, 1.82) is 0 Å². The highest BCUT2D eigenvalue weighted by Gasteiger charge is 2.06. The van der Waals surface area contributed by atoms with Crippen LogP contribution in [0.15, 0.2) is 49.2 Å². The Morgan fingerprint density at radius 3 is 2.74 bits per heavy atom. The van der Waals surface area contributed by atoms with Gasteiger partial charge in [0.05, 0.1) is 5.56 Å². The molecule has 2 N–H and O–H groups in total. The fourth-order valence-electron chi connectivity index (χ4n) is 1.95. The van der Waals surface area contributed by atoms with Crippen molar-refractivity contribution in [2.45, 2.75) is 6.42 Å². The Kier molecular flexibility index (Phi) is 5.80. The summed E-state index contributed by atoms with van der Waals surface area (Å²) in [7, 11) is 0. The van der Waals surface area contributed by atoms with Gasteiger partial charge >= 0.3 is 0 Å². The summed E-state index contributed by atoms with van der Waals surface area (Å²) in [4.78, 5) is 15.8. The lowest BCUT2D eigenvalue weighted by atomic mass is 10.1. The molecule has 1 aromatic heterocycles. The highest BCUT2D eigenvalue weighted by molar-refractivity contribution is 5.94. The van der Waals surface area contributed by atoms with E-state index >= 15 is 0 Å². The van der Waals surface area contributed by atoms with Crippen molar-refractivity contribution in [3.05, 3.63) is 71.9 Å². The number of hydrogen-bond acceptors (Lipinski definition) is 3. The Labute approximate surface area is 133 Å². The van der Waals surface area contributed by atoms with Gasteiger partial charge in [-0.15, -0.1) is 6.58 Å². The van der Waals surface area contributed by atoms with Crippen molar-refractivity contribution in [3.8, 4) is 0 Å². The second kappa shape index (κ2) is 8.03. The second-order valence-electron chi connectivity index (χ2n) is 4.84. The summed E-state index contributed by atoms with van der Waals surface area (Å²) in [5.41, 5.74) is 0.876. The van der Waals surface area contributed by atoms with Gasteiger partial charge in [-0.05, 0) is 30.2 Å². The normalized spacial score (nSPS) is 10.2. The van der Waals surface area contributed by atoms with Crippen LogP contribution in [0.4, 0.5) is 14.6 Å². The number of hydrogen-bond donors (Lipinski definition) is 2. The zero-order valence-corrected chi connectivity index (χ0v) is 12.5. The van der Waals surface area contributed by atoms with Crippen molar-refractivity contribution in [2.75, 3.05) is 18.4 Å². The fourth-order valence-corrected chi connectivity index (χ4v) is 1.95. The molecule has 6 heteroatoms. The van der Waals surface area contributed by atoms with E-state index in [0.29, 0.717) is 36.5 Å². The molecule has 0 bridgehead atoms. The van der Waals surface area contributed by atoms with Crippen molar-refractivity contribution < 1.29 is 13.6 Å². The summed E-state index contributed by atoms with van der Waals surface area (Å²) in [5, 5.41) is 5.68. The molecule has 0 spiro atoms. The minimum atomic E-state index is -0.591. The number of nitrogens with one attached hydrogen (secondary N) is 2. The first-order chi connectivity index (χ1) is 11.1. The monoisotopic (exact) mass is 317 g/mol. The zero-order valence-electron chi connectivity index (χ0n) is 12.5. The van der Waals surface area contributed by atoms with Crippen LogP contribution in [-0.4, -0.2) is 24.0 Å². The number of pyridine rings is 1. The van der Waals surface area contributed by atoms with Crippen LogP contribution < -0.4 is 10.6 Å². The highest BCUT2D eigenvalue weighted by Crippen LogP contribution is 2.11. The van der Waals surface area contributed by atoms with Crippen LogP contribution in [-0.2, 0) is 6.42 Å². The molecule has 0 saturated carbocycles. The van der Waals surface area contributed by atoms with Crippen LogP contribution in [0.1, 0.15) is 15.9 Å². The van der Waals surface area contributed by atoms with Crippen LogP contribution >= 0.6 is 0 Å². The van der Waals surface area contributed by atoms with Crippen LogP contribution in [0.25, 0.3) is 0 Å². The Bertz CT molecular complexity index is 687. The first kappa shape index (κ1) is 16.6. The Morgan fingerprint density at radius 1 is 1.26 bits per heavy atom. The van der Waals surface area contributed by atoms with E-state index in [4.69, 9.17) is 0 Å². The summed E-state index contributed by atoms with van der Waals surface area (Å²) < 4.78 is 26.3. The van der Waals surface area contributed by atoms with Gasteiger partial charge < -0.3 is 10.6 Å². The first-order valence-electron chi connectivity index (χ1n) is 7.13. The number of carbonyl (C=O) groups is 1. The van der Waals surface area contributed by atoms with Crippen molar-refractivity contribution >= 4 is 11.7 Å². The molecule has 0 atom stereocenters. The molecule has 0 radical (unpaired) electrons. The minimum absolute atomic E-state index is 0.225. The molecule has 2 rings (SSSR count). The van der Waals surface area contributed by atoms with Crippen molar-refractivity contribution in [2.24, 2.45) is 0 Å². The van der Waals surface area contributed by atoms with E-state index < -0.39 is 11.6 Å². The van der Waals surface area contributed by atoms with Crippen molar-refractivity contribution in [3.63, 3.8) is 0 Å². The van der Waals surface area contributed by atoms with Crippen molar-refractivity contribution in [1.82, 2.24) is 10.3 Å². The summed E-state index contributed by atoms with van der Waals surface area (Å²) in [6, 6.07) is 6.83. The van der Waals surface area contributed by atoms with Gasteiger partial charge in [0.2, 0.25) is 0 Å². The molecule has 0 aliphatic carbocycles. The van der Waals surface area contributed by atoms with E-state index in [2.05, 4.69) is 22.2 Å². The molecular formula is C17H17F2N3O. The molecule has 23 heavy (non-hydrogen) atoms.